The van der Waals surface area contributed by atoms with Crippen LogP contribution in [0, 0.1) is 5.82 Å². The molecule has 0 aliphatic carbocycles. The highest BCUT2D eigenvalue weighted by molar-refractivity contribution is 5.81. The largest absolute Gasteiger partial charge is 0.381 e. The van der Waals surface area contributed by atoms with Crippen LogP contribution in [0.25, 0.3) is 0 Å². The van der Waals surface area contributed by atoms with Crippen molar-refractivity contribution >= 4 is 5.91 Å². The van der Waals surface area contributed by atoms with Crippen LogP contribution in [0.1, 0.15) is 19.4 Å². The summed E-state index contributed by atoms with van der Waals surface area (Å²) in [5.41, 5.74) is -0.447. The molecular formula is C14H18FNO3. The molecule has 1 aliphatic heterocycles. The number of β-amino-alcohol motifs (C(OH)–C–C–N with tert-alkyl or cyclic N) is 1. The summed E-state index contributed by atoms with van der Waals surface area (Å²) < 4.78 is 18.1. The molecule has 19 heavy (non-hydrogen) atoms. The first-order chi connectivity index (χ1) is 8.96. The number of halogens is 1. The van der Waals surface area contributed by atoms with E-state index >= 15 is 0 Å². The first-order valence-corrected chi connectivity index (χ1v) is 6.35. The lowest BCUT2D eigenvalue weighted by atomic mass is 9.86. The molecule has 0 aromatic heterocycles. The standard InChI is InChI=1S/C14H18FNO3/c1-3-19-10(2)13(17)16-8-14(18,9-16)11-4-6-12(15)7-5-11/h4-7,10,18H,3,8-9H2,1-2H3/t10-/m0/s1. The van der Waals surface area contributed by atoms with E-state index < -0.39 is 11.7 Å². The van der Waals surface area contributed by atoms with Crippen molar-refractivity contribution in [1.82, 2.24) is 4.90 Å². The zero-order valence-corrected chi connectivity index (χ0v) is 11.1. The third kappa shape index (κ3) is 2.77. The second-order valence-electron chi connectivity index (χ2n) is 4.83. The van der Waals surface area contributed by atoms with Crippen LogP contribution < -0.4 is 0 Å². The molecule has 0 saturated carbocycles. The predicted molar refractivity (Wildman–Crippen MR) is 68.0 cm³/mol. The van der Waals surface area contributed by atoms with Crippen LogP contribution in [-0.2, 0) is 15.1 Å². The van der Waals surface area contributed by atoms with Crippen LogP contribution in [-0.4, -0.2) is 41.7 Å². The zero-order chi connectivity index (χ0) is 14.0. The van der Waals surface area contributed by atoms with Crippen molar-refractivity contribution in [2.75, 3.05) is 19.7 Å². The van der Waals surface area contributed by atoms with Crippen LogP contribution in [0.3, 0.4) is 0 Å². The summed E-state index contributed by atoms with van der Waals surface area (Å²) >= 11 is 0. The highest BCUT2D eigenvalue weighted by atomic mass is 19.1. The molecule has 1 N–H and O–H groups in total. The molecule has 4 nitrogen and oxygen atoms in total. The molecule has 1 saturated heterocycles. The Hall–Kier alpha value is -1.46. The van der Waals surface area contributed by atoms with Gasteiger partial charge < -0.3 is 14.7 Å². The number of likely N-dealkylation sites (tertiary alicyclic amines) is 1. The van der Waals surface area contributed by atoms with E-state index in [1.165, 1.54) is 12.1 Å². The van der Waals surface area contributed by atoms with Crippen molar-refractivity contribution in [3.05, 3.63) is 35.6 Å². The lowest BCUT2D eigenvalue weighted by molar-refractivity contribution is -0.167. The van der Waals surface area contributed by atoms with E-state index in [9.17, 15) is 14.3 Å². The molecule has 1 amide bonds. The topological polar surface area (TPSA) is 49.8 Å². The maximum absolute atomic E-state index is 12.8. The van der Waals surface area contributed by atoms with Gasteiger partial charge in [0.15, 0.2) is 0 Å². The fourth-order valence-electron chi connectivity index (χ4n) is 2.26. The summed E-state index contributed by atoms with van der Waals surface area (Å²) in [6, 6.07) is 5.70. The minimum Gasteiger partial charge on any atom is -0.381 e. The van der Waals surface area contributed by atoms with Crippen LogP contribution in [0.15, 0.2) is 24.3 Å². The molecule has 1 aromatic rings. The number of carbonyl (C=O) groups is 1. The van der Waals surface area contributed by atoms with E-state index in [2.05, 4.69) is 0 Å². The van der Waals surface area contributed by atoms with Gasteiger partial charge in [0, 0.05) is 6.61 Å². The molecule has 0 radical (unpaired) electrons. The van der Waals surface area contributed by atoms with Gasteiger partial charge in [-0.2, -0.15) is 0 Å². The van der Waals surface area contributed by atoms with E-state index in [-0.39, 0.29) is 24.8 Å². The maximum Gasteiger partial charge on any atom is 0.251 e. The van der Waals surface area contributed by atoms with Gasteiger partial charge in [-0.3, -0.25) is 4.79 Å². The minimum atomic E-state index is -1.07. The van der Waals surface area contributed by atoms with Crippen LogP contribution in [0.5, 0.6) is 0 Å². The first kappa shape index (κ1) is 14.0. The quantitative estimate of drug-likeness (QED) is 0.894. The molecule has 0 spiro atoms. The molecular weight excluding hydrogens is 249 g/mol. The zero-order valence-electron chi connectivity index (χ0n) is 11.1. The van der Waals surface area contributed by atoms with Crippen molar-refractivity contribution < 1.29 is 19.0 Å². The molecule has 1 atom stereocenters. The fraction of sp³-hybridized carbons (Fsp3) is 0.500. The Balaban J connectivity index is 1.97. The van der Waals surface area contributed by atoms with Crippen LogP contribution >= 0.6 is 0 Å². The smallest absolute Gasteiger partial charge is 0.251 e. The number of nitrogens with zero attached hydrogens (tertiary/aromatic N) is 1. The maximum atomic E-state index is 12.8. The number of amides is 1. The van der Waals surface area contributed by atoms with Crippen molar-refractivity contribution in [3.63, 3.8) is 0 Å². The predicted octanol–water partition coefficient (Wildman–Crippen LogP) is 1.28. The molecule has 0 bridgehead atoms. The van der Waals surface area contributed by atoms with Crippen LogP contribution in [0.2, 0.25) is 0 Å². The monoisotopic (exact) mass is 267 g/mol. The number of hydrogen-bond donors (Lipinski definition) is 1. The van der Waals surface area contributed by atoms with E-state index in [0.717, 1.165) is 0 Å². The van der Waals surface area contributed by atoms with Gasteiger partial charge >= 0.3 is 0 Å². The summed E-state index contributed by atoms with van der Waals surface area (Å²) in [5, 5.41) is 10.3. The highest BCUT2D eigenvalue weighted by Crippen LogP contribution is 2.32. The number of benzene rings is 1. The Bertz CT molecular complexity index is 454. The molecule has 0 unspecified atom stereocenters. The third-order valence-corrected chi connectivity index (χ3v) is 3.36. The Labute approximate surface area is 111 Å². The third-order valence-electron chi connectivity index (χ3n) is 3.36. The summed E-state index contributed by atoms with van der Waals surface area (Å²) in [6.07, 6.45) is -0.497. The van der Waals surface area contributed by atoms with Gasteiger partial charge in [0.05, 0.1) is 13.1 Å². The Kier molecular flexibility index (Phi) is 3.87. The van der Waals surface area contributed by atoms with Crippen LogP contribution in [0.4, 0.5) is 4.39 Å². The van der Waals surface area contributed by atoms with Crippen molar-refractivity contribution in [3.8, 4) is 0 Å². The second-order valence-corrected chi connectivity index (χ2v) is 4.83. The van der Waals surface area contributed by atoms with Gasteiger partial charge in [-0.15, -0.1) is 0 Å². The summed E-state index contributed by atoms with van der Waals surface area (Å²) in [7, 11) is 0. The van der Waals surface area contributed by atoms with E-state index in [1.807, 2.05) is 6.92 Å². The number of ether oxygens (including phenoxy) is 1. The fourth-order valence-corrected chi connectivity index (χ4v) is 2.26. The lowest BCUT2D eigenvalue weighted by Gasteiger charge is -2.47. The van der Waals surface area contributed by atoms with Gasteiger partial charge in [0.1, 0.15) is 17.5 Å². The highest BCUT2D eigenvalue weighted by Gasteiger charge is 2.45. The van der Waals surface area contributed by atoms with E-state index in [1.54, 1.807) is 24.0 Å². The Morgan fingerprint density at radius 2 is 2.05 bits per heavy atom. The molecule has 1 fully saturated rings. The summed E-state index contributed by atoms with van der Waals surface area (Å²) in [4.78, 5) is 13.5. The van der Waals surface area contributed by atoms with Gasteiger partial charge in [0.2, 0.25) is 0 Å². The van der Waals surface area contributed by atoms with Gasteiger partial charge in [-0.1, -0.05) is 12.1 Å². The summed E-state index contributed by atoms with van der Waals surface area (Å²) in [5.74, 6) is -0.474. The molecule has 2 rings (SSSR count). The number of rotatable bonds is 4. The van der Waals surface area contributed by atoms with Crippen molar-refractivity contribution in [2.24, 2.45) is 0 Å². The minimum absolute atomic E-state index is 0.131. The van der Waals surface area contributed by atoms with E-state index in [0.29, 0.717) is 12.2 Å². The average molecular weight is 267 g/mol. The molecule has 1 heterocycles. The number of hydrogen-bond acceptors (Lipinski definition) is 3. The molecule has 1 aliphatic rings. The van der Waals surface area contributed by atoms with Gasteiger partial charge in [-0.05, 0) is 31.5 Å². The Morgan fingerprint density at radius 3 is 2.58 bits per heavy atom. The summed E-state index contributed by atoms with van der Waals surface area (Å²) in [6.45, 7) is 4.43. The van der Waals surface area contributed by atoms with E-state index in [4.69, 9.17) is 4.74 Å². The van der Waals surface area contributed by atoms with Gasteiger partial charge in [-0.25, -0.2) is 4.39 Å². The van der Waals surface area contributed by atoms with Crippen molar-refractivity contribution in [1.29, 1.82) is 0 Å². The average Bonchev–Trinajstić information content (AvgIpc) is 2.35. The number of carbonyl (C=O) groups excluding carboxylic acids is 1. The van der Waals surface area contributed by atoms with Crippen molar-refractivity contribution in [2.45, 2.75) is 25.6 Å². The first-order valence-electron chi connectivity index (χ1n) is 6.35. The van der Waals surface area contributed by atoms with Gasteiger partial charge in [0.25, 0.3) is 5.91 Å². The lowest BCUT2D eigenvalue weighted by Crippen LogP contribution is -2.63. The Morgan fingerprint density at radius 1 is 1.47 bits per heavy atom. The molecule has 5 heteroatoms. The SMILES string of the molecule is CCO[C@@H](C)C(=O)N1CC(O)(c2ccc(F)cc2)C1. The molecule has 104 valence electrons. The number of aliphatic hydroxyl groups is 1. The normalized spacial score (nSPS) is 18.8. The molecule has 1 aromatic carbocycles. The second kappa shape index (κ2) is 5.27.